The highest BCUT2D eigenvalue weighted by Gasteiger charge is 2.41. The quantitative estimate of drug-likeness (QED) is 0.0212. The lowest BCUT2D eigenvalue weighted by Crippen LogP contribution is -2.43. The van der Waals surface area contributed by atoms with Gasteiger partial charge in [-0.1, -0.05) is 106 Å². The van der Waals surface area contributed by atoms with Crippen LogP contribution in [-0.2, 0) is 32.9 Å². The van der Waals surface area contributed by atoms with Crippen LogP contribution in [0.15, 0.2) is 189 Å². The summed E-state index contributed by atoms with van der Waals surface area (Å²) in [5, 5.41) is 11.6. The summed E-state index contributed by atoms with van der Waals surface area (Å²) in [6, 6.07) is 50.6. The Bertz CT molecular complexity index is 4110. The lowest BCUT2D eigenvalue weighted by Gasteiger charge is -2.37. The van der Waals surface area contributed by atoms with Crippen LogP contribution < -0.4 is 32.8 Å². The smallest absolute Gasteiger partial charge is 0.345 e. The molecule has 92 heavy (non-hydrogen) atoms. The molecule has 10 rings (SSSR count). The van der Waals surface area contributed by atoms with Crippen molar-refractivity contribution in [2.24, 2.45) is 0 Å². The maximum atomic E-state index is 14.8. The minimum absolute atomic E-state index is 0.0276. The van der Waals surface area contributed by atoms with Gasteiger partial charge in [-0.15, -0.1) is 17.9 Å². The van der Waals surface area contributed by atoms with Crippen molar-refractivity contribution < 1.29 is 56.6 Å². The number of hydrogen-bond donors (Lipinski definition) is 1. The van der Waals surface area contributed by atoms with Gasteiger partial charge in [0.25, 0.3) is 0 Å². The molecule has 1 N–H and O–H groups in total. The summed E-state index contributed by atoms with van der Waals surface area (Å²) in [6.45, 7) is 19.1. The van der Waals surface area contributed by atoms with Gasteiger partial charge in [-0.25, -0.2) is 29.1 Å². The first-order valence-corrected chi connectivity index (χ1v) is 33.8. The molecule has 7 aromatic carbocycles. The molecular formula is C74H75FN4O11SSi. The number of hydrogen-bond acceptors (Lipinski definition) is 15. The molecular weight excluding hydrogens is 1200 g/mol. The van der Waals surface area contributed by atoms with Crippen molar-refractivity contribution in [2.75, 3.05) is 41.2 Å². The van der Waals surface area contributed by atoms with E-state index >= 15 is 0 Å². The molecule has 0 aliphatic heterocycles. The molecule has 3 aromatic heterocycles. The van der Waals surface area contributed by atoms with Crippen molar-refractivity contribution in [3.63, 3.8) is 0 Å². The number of ether oxygens (including phenoxy) is 8. The van der Waals surface area contributed by atoms with Crippen LogP contribution in [-0.4, -0.2) is 92.7 Å². The first-order valence-electron chi connectivity index (χ1n) is 30.1. The number of para-hydroxylation sites is 1. The summed E-state index contributed by atoms with van der Waals surface area (Å²) >= 11 is 1.36. The Hall–Kier alpha value is -9.46. The Morgan fingerprint density at radius 3 is 1.97 bits per heavy atom. The van der Waals surface area contributed by atoms with Crippen molar-refractivity contribution in [3.8, 4) is 73.3 Å². The number of aromatic nitrogens is 4. The molecule has 0 radical (unpaired) electrons. The molecule has 0 spiro atoms. The second-order valence-corrected chi connectivity index (χ2v) is 29.4. The number of carbonyl (C=O) groups is 1. The Morgan fingerprint density at radius 2 is 1.34 bits per heavy atom. The molecule has 3 heterocycles. The van der Waals surface area contributed by atoms with E-state index in [0.717, 1.165) is 43.8 Å². The first kappa shape index (κ1) is 65.5. The molecule has 18 heteroatoms. The number of thiophene rings is 1. The number of nitrogens with zero attached hydrogens (tertiary/aromatic N) is 4. The molecule has 2 unspecified atom stereocenters. The maximum Gasteiger partial charge on any atom is 0.345 e. The number of benzene rings is 7. The van der Waals surface area contributed by atoms with Gasteiger partial charge in [0.15, 0.2) is 5.82 Å². The van der Waals surface area contributed by atoms with Crippen molar-refractivity contribution >= 4 is 35.8 Å². The molecule has 0 saturated carbocycles. The topological polar surface area (TPSA) is 172 Å². The lowest BCUT2D eigenvalue weighted by atomic mass is 9.80. The predicted molar refractivity (Wildman–Crippen MR) is 360 cm³/mol. The number of carboxylic acid groups (broad SMARTS) is 1. The van der Waals surface area contributed by atoms with Gasteiger partial charge in [0.1, 0.15) is 69.8 Å². The highest BCUT2D eigenvalue weighted by molar-refractivity contribution is 7.22. The largest absolute Gasteiger partial charge is 0.543 e. The fourth-order valence-electron chi connectivity index (χ4n) is 10.8. The minimum atomic E-state index is -2.39. The molecule has 15 nitrogen and oxygen atoms in total. The summed E-state index contributed by atoms with van der Waals surface area (Å²) in [7, 11) is 2.48. The molecule has 0 fully saturated rings. The van der Waals surface area contributed by atoms with Gasteiger partial charge in [-0.2, -0.15) is 0 Å². The van der Waals surface area contributed by atoms with E-state index in [9.17, 15) is 14.3 Å². The van der Waals surface area contributed by atoms with Crippen LogP contribution in [0.1, 0.15) is 59.8 Å². The normalized spacial score (nSPS) is 12.4. The van der Waals surface area contributed by atoms with Gasteiger partial charge in [0, 0.05) is 28.6 Å². The van der Waals surface area contributed by atoms with Gasteiger partial charge in [-0.3, -0.25) is 0 Å². The number of aryl methyl sites for hydroxylation is 2. The average Bonchev–Trinajstić information content (AvgIpc) is 1.35. The molecule has 474 valence electrons. The third kappa shape index (κ3) is 14.6. The monoisotopic (exact) mass is 1270 g/mol. The second kappa shape index (κ2) is 28.8. The fraction of sp³-hybridized carbons (Fsp3) is 0.257. The van der Waals surface area contributed by atoms with E-state index in [1.165, 1.54) is 29.8 Å². The third-order valence-electron chi connectivity index (χ3n) is 16.4. The highest BCUT2D eigenvalue weighted by atomic mass is 32.1. The van der Waals surface area contributed by atoms with Gasteiger partial charge < -0.3 is 47.4 Å². The number of carboxylic acids is 1. The third-order valence-corrected chi connectivity index (χ3v) is 21.9. The van der Waals surface area contributed by atoms with Crippen LogP contribution in [0.2, 0.25) is 18.1 Å². The SMILES string of the molecule is C=CCOCC(COC(c1ccccc1)(c1ccc(OC)cc1)c1ccc(OC)cc1)Oc1cc(C)c(-c2c(-c3ccc(F)cc3)sc3ncnc(OC(Cc4cc(O[Si](C)(C)C(C)(C)C)ccc4OCc4ccnc(-c5ccccc5OC)n4)C(=O)O)c23)c(C)c1. The summed E-state index contributed by atoms with van der Waals surface area (Å²) in [4.78, 5) is 33.8. The van der Waals surface area contributed by atoms with Crippen molar-refractivity contribution in [3.05, 3.63) is 234 Å². The fourth-order valence-corrected chi connectivity index (χ4v) is 12.9. The second-order valence-electron chi connectivity index (χ2n) is 23.6. The van der Waals surface area contributed by atoms with E-state index in [-0.39, 0.29) is 43.8 Å². The standard InChI is InChI=1S/C74H75FN4O11SSi/c1-12-38-85-44-60(45-87-74(51-18-14-13-15-19-51,52-24-30-56(82-7)31-25-52)53-26-32-57(83-8)33-27-53)88-59-39-47(2)65(48(3)40-59)66-67-70(77-46-78-71(67)91-68(66)49-22-28-54(75)29-23-49)89-64(72(80)81)42-50-41-58(90-92(10,11)73(4,5)6)34-35-62(50)86-43-55-36-37-76-69(79-55)61-20-16-17-21-63(61)84-9/h12-37,39-41,46,60,64H,1,38,42-45H2,2-11H3,(H,80,81). The van der Waals surface area contributed by atoms with Crippen LogP contribution in [0.25, 0.3) is 43.2 Å². The number of halogens is 1. The summed E-state index contributed by atoms with van der Waals surface area (Å²) in [5.41, 5.74) is 7.03. The van der Waals surface area contributed by atoms with Crippen LogP contribution in [0.5, 0.6) is 40.4 Å². The summed E-state index contributed by atoms with van der Waals surface area (Å²) < 4.78 is 72.1. The summed E-state index contributed by atoms with van der Waals surface area (Å²) in [5.74, 6) is 2.37. The average molecular weight is 1280 g/mol. The van der Waals surface area contributed by atoms with Crippen molar-refractivity contribution in [1.29, 1.82) is 0 Å². The number of fused-ring (bicyclic) bond motifs is 1. The molecule has 0 aliphatic carbocycles. The number of rotatable bonds is 28. The van der Waals surface area contributed by atoms with E-state index in [1.807, 2.05) is 141 Å². The molecule has 0 aliphatic rings. The molecule has 10 aromatic rings. The van der Waals surface area contributed by atoms with Gasteiger partial charge >= 0.3 is 5.97 Å². The predicted octanol–water partition coefficient (Wildman–Crippen LogP) is 16.3. The zero-order valence-corrected chi connectivity index (χ0v) is 55.1. The molecule has 0 amide bonds. The van der Waals surface area contributed by atoms with E-state index in [4.69, 9.17) is 57.3 Å². The number of aliphatic carboxylic acids is 1. The minimum Gasteiger partial charge on any atom is -0.543 e. The number of methoxy groups -OCH3 is 3. The van der Waals surface area contributed by atoms with Crippen LogP contribution in [0.3, 0.4) is 0 Å². The van der Waals surface area contributed by atoms with Gasteiger partial charge in [0.2, 0.25) is 20.3 Å². The zero-order valence-electron chi connectivity index (χ0n) is 53.3. The van der Waals surface area contributed by atoms with E-state index in [2.05, 4.69) is 45.4 Å². The Balaban J connectivity index is 1.01. The Morgan fingerprint density at radius 1 is 0.696 bits per heavy atom. The lowest BCUT2D eigenvalue weighted by molar-refractivity contribution is -0.145. The van der Waals surface area contributed by atoms with Gasteiger partial charge in [0.05, 0.1) is 57.8 Å². The maximum absolute atomic E-state index is 14.8. The van der Waals surface area contributed by atoms with Crippen molar-refractivity contribution in [1.82, 2.24) is 19.9 Å². The molecule has 0 bridgehead atoms. The van der Waals surface area contributed by atoms with Gasteiger partial charge in [-0.05, 0) is 156 Å². The van der Waals surface area contributed by atoms with Crippen LogP contribution >= 0.6 is 11.3 Å². The van der Waals surface area contributed by atoms with E-state index in [0.29, 0.717) is 72.9 Å². The van der Waals surface area contributed by atoms with E-state index in [1.54, 1.807) is 57.9 Å². The highest BCUT2D eigenvalue weighted by Crippen LogP contribution is 2.50. The van der Waals surface area contributed by atoms with E-state index < -0.39 is 37.9 Å². The molecule has 0 saturated heterocycles. The Kier molecular flexibility index (Phi) is 20.5. The van der Waals surface area contributed by atoms with Crippen molar-refractivity contribution in [2.45, 2.75) is 83.6 Å². The first-order chi connectivity index (χ1) is 44.3. The van der Waals surface area contributed by atoms with Crippen LogP contribution in [0, 0.1) is 19.7 Å². The van der Waals surface area contributed by atoms with Crippen LogP contribution in [0.4, 0.5) is 4.39 Å². The molecule has 2 atom stereocenters. The zero-order chi connectivity index (χ0) is 65.2. The Labute approximate surface area is 541 Å². The summed E-state index contributed by atoms with van der Waals surface area (Å²) in [6.07, 6.45) is 2.38.